The lowest BCUT2D eigenvalue weighted by Crippen LogP contribution is -2.40. The number of aliphatic carboxylic acids is 1. The second-order valence-electron chi connectivity index (χ2n) is 4.53. The van der Waals surface area contributed by atoms with Crippen molar-refractivity contribution in [1.82, 2.24) is 9.03 Å². The fourth-order valence-electron chi connectivity index (χ4n) is 1.53. The molecule has 0 aliphatic carbocycles. The summed E-state index contributed by atoms with van der Waals surface area (Å²) in [4.78, 5) is 10.4. The van der Waals surface area contributed by atoms with Crippen molar-refractivity contribution >= 4 is 16.2 Å². The molecule has 0 heterocycles. The van der Waals surface area contributed by atoms with Gasteiger partial charge >= 0.3 is 5.97 Å². The first-order valence-corrected chi connectivity index (χ1v) is 7.87. The lowest BCUT2D eigenvalue weighted by Gasteiger charge is -2.16. The predicted molar refractivity (Wildman–Crippen MR) is 78.5 cm³/mol. The molecule has 1 aromatic rings. The number of hydrogen-bond acceptors (Lipinski definition) is 4. The van der Waals surface area contributed by atoms with E-state index in [0.29, 0.717) is 5.75 Å². The van der Waals surface area contributed by atoms with Crippen LogP contribution in [0.3, 0.4) is 0 Å². The molecule has 1 rings (SSSR count). The SMILES string of the molecule is Cc1cccc(OCCNS(=O)(=O)N(C)CCC(=O)O)c1. The minimum Gasteiger partial charge on any atom is -0.492 e. The van der Waals surface area contributed by atoms with Gasteiger partial charge in [-0.05, 0) is 24.6 Å². The van der Waals surface area contributed by atoms with Gasteiger partial charge in [0.2, 0.25) is 0 Å². The lowest BCUT2D eigenvalue weighted by molar-refractivity contribution is -0.137. The van der Waals surface area contributed by atoms with Crippen LogP contribution in [0.4, 0.5) is 0 Å². The molecule has 1 aromatic carbocycles. The minimum atomic E-state index is -3.68. The Balaban J connectivity index is 2.35. The smallest absolute Gasteiger partial charge is 0.304 e. The number of carboxylic acid groups (broad SMARTS) is 1. The first-order chi connectivity index (χ1) is 9.81. The van der Waals surface area contributed by atoms with Gasteiger partial charge in [-0.25, -0.2) is 0 Å². The number of ether oxygens (including phenoxy) is 1. The number of benzene rings is 1. The van der Waals surface area contributed by atoms with Crippen LogP contribution in [0, 0.1) is 6.92 Å². The third-order valence-corrected chi connectivity index (χ3v) is 4.27. The maximum atomic E-state index is 11.8. The summed E-state index contributed by atoms with van der Waals surface area (Å²) >= 11 is 0. The van der Waals surface area contributed by atoms with Crippen molar-refractivity contribution in [3.8, 4) is 5.75 Å². The van der Waals surface area contributed by atoms with E-state index >= 15 is 0 Å². The van der Waals surface area contributed by atoms with E-state index in [1.54, 1.807) is 6.07 Å². The van der Waals surface area contributed by atoms with E-state index in [4.69, 9.17) is 9.84 Å². The summed E-state index contributed by atoms with van der Waals surface area (Å²) in [5.74, 6) is -0.367. The van der Waals surface area contributed by atoms with Crippen LogP contribution in [0.2, 0.25) is 0 Å². The Labute approximate surface area is 124 Å². The van der Waals surface area contributed by atoms with Gasteiger partial charge in [-0.15, -0.1) is 0 Å². The number of rotatable bonds is 9. The monoisotopic (exact) mass is 316 g/mol. The van der Waals surface area contributed by atoms with Crippen LogP contribution in [-0.2, 0) is 15.0 Å². The standard InChI is InChI=1S/C13H20N2O5S/c1-11-4-3-5-12(10-11)20-9-7-14-21(18,19)15(2)8-6-13(16)17/h3-5,10,14H,6-9H2,1-2H3,(H,16,17). The van der Waals surface area contributed by atoms with E-state index in [0.717, 1.165) is 9.87 Å². The lowest BCUT2D eigenvalue weighted by atomic mass is 10.2. The van der Waals surface area contributed by atoms with Crippen molar-refractivity contribution in [1.29, 1.82) is 0 Å². The molecule has 7 nitrogen and oxygen atoms in total. The molecule has 0 aliphatic heterocycles. The van der Waals surface area contributed by atoms with E-state index in [1.807, 2.05) is 25.1 Å². The highest BCUT2D eigenvalue weighted by Crippen LogP contribution is 2.11. The van der Waals surface area contributed by atoms with Gasteiger partial charge in [0.25, 0.3) is 10.2 Å². The Bertz CT molecular complexity index is 574. The van der Waals surface area contributed by atoms with E-state index in [9.17, 15) is 13.2 Å². The maximum absolute atomic E-state index is 11.8. The molecular weight excluding hydrogens is 296 g/mol. The third kappa shape index (κ3) is 6.56. The van der Waals surface area contributed by atoms with Crippen molar-refractivity contribution in [2.24, 2.45) is 0 Å². The van der Waals surface area contributed by atoms with Crippen LogP contribution >= 0.6 is 0 Å². The van der Waals surface area contributed by atoms with Crippen LogP contribution < -0.4 is 9.46 Å². The van der Waals surface area contributed by atoms with Crippen molar-refractivity contribution in [3.63, 3.8) is 0 Å². The highest BCUT2D eigenvalue weighted by molar-refractivity contribution is 7.87. The van der Waals surface area contributed by atoms with E-state index in [2.05, 4.69) is 4.72 Å². The van der Waals surface area contributed by atoms with Gasteiger partial charge in [-0.2, -0.15) is 17.4 Å². The van der Waals surface area contributed by atoms with Crippen LogP contribution in [-0.4, -0.2) is 50.5 Å². The highest BCUT2D eigenvalue weighted by Gasteiger charge is 2.17. The summed E-state index contributed by atoms with van der Waals surface area (Å²) in [7, 11) is -2.35. The maximum Gasteiger partial charge on any atom is 0.304 e. The number of nitrogens with zero attached hydrogens (tertiary/aromatic N) is 1. The normalized spacial score (nSPS) is 11.6. The molecular formula is C13H20N2O5S. The second-order valence-corrected chi connectivity index (χ2v) is 6.39. The fraction of sp³-hybridized carbons (Fsp3) is 0.462. The quantitative estimate of drug-likeness (QED) is 0.651. The molecule has 0 saturated heterocycles. The molecule has 118 valence electrons. The first kappa shape index (κ1) is 17.4. The number of aryl methyl sites for hydroxylation is 1. The molecule has 0 saturated carbocycles. The largest absolute Gasteiger partial charge is 0.492 e. The van der Waals surface area contributed by atoms with Gasteiger partial charge in [0, 0.05) is 20.1 Å². The van der Waals surface area contributed by atoms with Crippen LogP contribution in [0.15, 0.2) is 24.3 Å². The fourth-order valence-corrected chi connectivity index (χ4v) is 2.42. The van der Waals surface area contributed by atoms with Crippen LogP contribution in [0.1, 0.15) is 12.0 Å². The molecule has 8 heteroatoms. The van der Waals surface area contributed by atoms with Gasteiger partial charge in [0.1, 0.15) is 12.4 Å². The van der Waals surface area contributed by atoms with Crippen LogP contribution in [0.25, 0.3) is 0 Å². The summed E-state index contributed by atoms with van der Waals surface area (Å²) in [5, 5.41) is 8.53. The van der Waals surface area contributed by atoms with Crippen molar-refractivity contribution in [2.75, 3.05) is 26.7 Å². The third-order valence-electron chi connectivity index (χ3n) is 2.70. The Morgan fingerprint density at radius 3 is 2.76 bits per heavy atom. The Hall–Kier alpha value is -1.64. The molecule has 0 bridgehead atoms. The van der Waals surface area contributed by atoms with E-state index < -0.39 is 16.2 Å². The molecule has 0 amide bonds. The topological polar surface area (TPSA) is 95.9 Å². The zero-order valence-corrected chi connectivity index (χ0v) is 12.9. The molecule has 0 unspecified atom stereocenters. The molecule has 0 spiro atoms. The molecule has 21 heavy (non-hydrogen) atoms. The summed E-state index contributed by atoms with van der Waals surface area (Å²) in [6.45, 7) is 2.15. The van der Waals surface area contributed by atoms with Gasteiger partial charge in [-0.1, -0.05) is 12.1 Å². The molecule has 0 aliphatic rings. The molecule has 0 radical (unpaired) electrons. The van der Waals surface area contributed by atoms with Crippen molar-refractivity contribution in [2.45, 2.75) is 13.3 Å². The van der Waals surface area contributed by atoms with Gasteiger partial charge < -0.3 is 9.84 Å². The second kappa shape index (κ2) is 7.96. The summed E-state index contributed by atoms with van der Waals surface area (Å²) in [6, 6.07) is 7.44. The Morgan fingerprint density at radius 2 is 2.14 bits per heavy atom. The molecule has 0 atom stereocenters. The summed E-state index contributed by atoms with van der Waals surface area (Å²) < 4.78 is 32.3. The van der Waals surface area contributed by atoms with Crippen molar-refractivity contribution < 1.29 is 23.1 Å². The minimum absolute atomic E-state index is 0.0800. The first-order valence-electron chi connectivity index (χ1n) is 6.43. The molecule has 2 N–H and O–H groups in total. The van der Waals surface area contributed by atoms with Crippen LogP contribution in [0.5, 0.6) is 5.75 Å². The van der Waals surface area contributed by atoms with Crippen molar-refractivity contribution in [3.05, 3.63) is 29.8 Å². The van der Waals surface area contributed by atoms with E-state index in [-0.39, 0.29) is 26.1 Å². The zero-order valence-electron chi connectivity index (χ0n) is 12.1. The molecule has 0 aromatic heterocycles. The number of nitrogens with one attached hydrogen (secondary N) is 1. The summed E-state index contributed by atoms with van der Waals surface area (Å²) in [5.41, 5.74) is 1.06. The number of carboxylic acids is 1. The van der Waals surface area contributed by atoms with Gasteiger partial charge in [0.15, 0.2) is 0 Å². The number of carbonyl (C=O) groups is 1. The van der Waals surface area contributed by atoms with E-state index in [1.165, 1.54) is 7.05 Å². The summed E-state index contributed by atoms with van der Waals surface area (Å²) in [6.07, 6.45) is -0.239. The Kier molecular flexibility index (Phi) is 6.60. The number of hydrogen-bond donors (Lipinski definition) is 2. The highest BCUT2D eigenvalue weighted by atomic mass is 32.2. The van der Waals surface area contributed by atoms with Gasteiger partial charge in [-0.3, -0.25) is 4.79 Å². The molecule has 0 fully saturated rings. The Morgan fingerprint density at radius 1 is 1.43 bits per heavy atom. The predicted octanol–water partition coefficient (Wildman–Crippen LogP) is 0.615. The van der Waals surface area contributed by atoms with Gasteiger partial charge in [0.05, 0.1) is 6.42 Å². The average Bonchev–Trinajstić information content (AvgIpc) is 2.41. The average molecular weight is 316 g/mol. The zero-order chi connectivity index (χ0) is 15.9.